The van der Waals surface area contributed by atoms with Crippen LogP contribution in [0.2, 0.25) is 0 Å². The Morgan fingerprint density at radius 1 is 0.857 bits per heavy atom. The molecule has 0 saturated heterocycles. The zero-order chi connectivity index (χ0) is 25.6. The Bertz CT molecular complexity index is 1120. The zero-order valence-electron chi connectivity index (χ0n) is 19.8. The van der Waals surface area contributed by atoms with Crippen LogP contribution in [0.4, 0.5) is 10.5 Å². The van der Waals surface area contributed by atoms with Crippen LogP contribution in [-0.4, -0.2) is 53.3 Å². The van der Waals surface area contributed by atoms with E-state index in [4.69, 9.17) is 4.74 Å². The summed E-state index contributed by atoms with van der Waals surface area (Å²) in [6.45, 7) is 5.00. The quantitative estimate of drug-likeness (QED) is 0.497. The third kappa shape index (κ3) is 6.89. The van der Waals surface area contributed by atoms with Crippen LogP contribution in [0.3, 0.4) is 0 Å². The van der Waals surface area contributed by atoms with Crippen molar-refractivity contribution in [2.24, 2.45) is 0 Å². The molecule has 1 aliphatic heterocycles. The van der Waals surface area contributed by atoms with E-state index in [9.17, 15) is 24.0 Å². The fraction of sp³-hybridized carbons (Fsp3) is 0.320. The van der Waals surface area contributed by atoms with Crippen LogP contribution < -0.4 is 16.0 Å². The number of hydrogen-bond acceptors (Lipinski definition) is 6. The summed E-state index contributed by atoms with van der Waals surface area (Å²) in [6.07, 6.45) is -0.578. The number of nitrogens with one attached hydrogen (secondary N) is 3. The van der Waals surface area contributed by atoms with E-state index < -0.39 is 36.0 Å². The molecule has 0 aliphatic carbocycles. The second kappa shape index (κ2) is 10.8. The molecule has 0 aromatic heterocycles. The summed E-state index contributed by atoms with van der Waals surface area (Å²) in [6, 6.07) is 13.3. The lowest BCUT2D eigenvalue weighted by molar-refractivity contribution is -0.121. The van der Waals surface area contributed by atoms with Crippen molar-refractivity contribution in [1.82, 2.24) is 15.5 Å². The molecule has 2 aromatic rings. The van der Waals surface area contributed by atoms with E-state index in [1.807, 2.05) is 0 Å². The summed E-state index contributed by atoms with van der Waals surface area (Å²) in [5.74, 6) is -1.85. The Kier molecular flexibility index (Phi) is 7.85. The van der Waals surface area contributed by atoms with Gasteiger partial charge in [0.15, 0.2) is 0 Å². The minimum atomic E-state index is -0.630. The van der Waals surface area contributed by atoms with Gasteiger partial charge in [0, 0.05) is 25.2 Å². The van der Waals surface area contributed by atoms with Gasteiger partial charge in [0.25, 0.3) is 11.8 Å². The first kappa shape index (κ1) is 25.4. The van der Waals surface area contributed by atoms with Gasteiger partial charge in [0.05, 0.1) is 11.1 Å². The molecule has 2 aromatic carbocycles. The lowest BCUT2D eigenvalue weighted by atomic mass is 10.1. The molecule has 1 aliphatic rings. The molecule has 0 fully saturated rings. The van der Waals surface area contributed by atoms with Crippen LogP contribution in [0, 0.1) is 0 Å². The Morgan fingerprint density at radius 3 is 2.09 bits per heavy atom. The number of anilines is 1. The Morgan fingerprint density at radius 2 is 1.46 bits per heavy atom. The summed E-state index contributed by atoms with van der Waals surface area (Å²) < 4.78 is 5.12. The number of alkyl carbamates (subject to hydrolysis) is 1. The van der Waals surface area contributed by atoms with Crippen molar-refractivity contribution in [3.63, 3.8) is 0 Å². The third-order valence-electron chi connectivity index (χ3n) is 4.97. The lowest BCUT2D eigenvalue weighted by Gasteiger charge is -2.19. The fourth-order valence-electron chi connectivity index (χ4n) is 3.38. The number of benzene rings is 2. The van der Waals surface area contributed by atoms with Gasteiger partial charge in [-0.1, -0.05) is 30.3 Å². The van der Waals surface area contributed by atoms with E-state index in [1.165, 1.54) is 0 Å². The van der Waals surface area contributed by atoms with Crippen molar-refractivity contribution in [1.29, 1.82) is 0 Å². The Balaban J connectivity index is 1.49. The highest BCUT2D eigenvalue weighted by atomic mass is 16.6. The van der Waals surface area contributed by atoms with E-state index >= 15 is 0 Å². The van der Waals surface area contributed by atoms with Crippen molar-refractivity contribution in [3.8, 4) is 0 Å². The van der Waals surface area contributed by atoms with Gasteiger partial charge in [0.2, 0.25) is 11.8 Å². The van der Waals surface area contributed by atoms with Crippen molar-refractivity contribution in [2.45, 2.75) is 39.3 Å². The fourth-order valence-corrected chi connectivity index (χ4v) is 3.38. The first-order chi connectivity index (χ1) is 16.5. The molecule has 3 N–H and O–H groups in total. The van der Waals surface area contributed by atoms with Crippen LogP contribution in [0.5, 0.6) is 0 Å². The molecule has 3 rings (SSSR count). The minimum absolute atomic E-state index is 0.0275. The van der Waals surface area contributed by atoms with E-state index in [-0.39, 0.29) is 36.5 Å². The van der Waals surface area contributed by atoms with Crippen LogP contribution in [0.25, 0.3) is 0 Å². The molecule has 0 unspecified atom stereocenters. The Labute approximate surface area is 203 Å². The maximum Gasteiger partial charge on any atom is 0.407 e. The van der Waals surface area contributed by atoms with Crippen molar-refractivity contribution in [2.75, 3.05) is 18.4 Å². The van der Waals surface area contributed by atoms with Gasteiger partial charge in [-0.15, -0.1) is 0 Å². The summed E-state index contributed by atoms with van der Waals surface area (Å²) in [5, 5.41) is 7.95. The highest BCUT2D eigenvalue weighted by molar-refractivity contribution is 6.22. The minimum Gasteiger partial charge on any atom is -0.444 e. The molecule has 1 heterocycles. The Hall–Kier alpha value is -4.21. The second-order valence-electron chi connectivity index (χ2n) is 8.90. The second-order valence-corrected chi connectivity index (χ2v) is 8.90. The maximum atomic E-state index is 12.5. The van der Waals surface area contributed by atoms with E-state index in [2.05, 4.69) is 16.0 Å². The number of hydrogen-bond donors (Lipinski definition) is 3. The smallest absolute Gasteiger partial charge is 0.407 e. The van der Waals surface area contributed by atoms with E-state index in [0.29, 0.717) is 11.3 Å². The topological polar surface area (TPSA) is 134 Å². The van der Waals surface area contributed by atoms with Crippen molar-refractivity contribution in [3.05, 3.63) is 65.2 Å². The highest BCUT2D eigenvalue weighted by Gasteiger charge is 2.36. The number of para-hydroxylation sites is 1. The third-order valence-corrected chi connectivity index (χ3v) is 4.97. The average Bonchev–Trinajstić information content (AvgIpc) is 3.02. The van der Waals surface area contributed by atoms with Gasteiger partial charge in [-0.25, -0.2) is 4.79 Å². The largest absolute Gasteiger partial charge is 0.444 e. The van der Waals surface area contributed by atoms with Crippen molar-refractivity contribution < 1.29 is 28.7 Å². The number of amides is 5. The van der Waals surface area contributed by atoms with Gasteiger partial charge in [-0.2, -0.15) is 0 Å². The van der Waals surface area contributed by atoms with Crippen LogP contribution in [0.15, 0.2) is 48.5 Å². The molecular weight excluding hydrogens is 452 g/mol. The first-order valence-electron chi connectivity index (χ1n) is 11.1. The summed E-state index contributed by atoms with van der Waals surface area (Å²) in [5.41, 5.74) is 1.06. The molecule has 0 radical (unpaired) electrons. The molecule has 0 spiro atoms. The van der Waals surface area contributed by atoms with Crippen LogP contribution >= 0.6 is 0 Å². The molecule has 5 amide bonds. The van der Waals surface area contributed by atoms with Gasteiger partial charge < -0.3 is 20.7 Å². The number of carbonyl (C=O) groups excluding carboxylic acids is 5. The monoisotopic (exact) mass is 480 g/mol. The SMILES string of the molecule is CC(C)(C)OC(=O)NCCC(=O)Nc1ccccc1CNC(=O)CN1C(=O)c2ccccc2C1=O. The normalized spacial score (nSPS) is 12.7. The first-order valence-corrected chi connectivity index (χ1v) is 11.1. The number of imide groups is 1. The number of fused-ring (bicyclic) bond motifs is 1. The molecule has 0 bridgehead atoms. The standard InChI is InChI=1S/C25H28N4O6/c1-25(2,3)35-24(34)26-13-12-20(30)28-19-11-7-4-8-16(19)14-27-21(31)15-29-22(32)17-9-5-6-10-18(17)23(29)33/h4-11H,12-15H2,1-3H3,(H,26,34)(H,27,31)(H,28,30). The van der Waals surface area contributed by atoms with Crippen molar-refractivity contribution >= 4 is 35.4 Å². The molecular formula is C25H28N4O6. The molecule has 35 heavy (non-hydrogen) atoms. The lowest BCUT2D eigenvalue weighted by Crippen LogP contribution is -2.40. The highest BCUT2D eigenvalue weighted by Crippen LogP contribution is 2.22. The van der Waals surface area contributed by atoms with Crippen LogP contribution in [0.1, 0.15) is 53.5 Å². The van der Waals surface area contributed by atoms with E-state index in [1.54, 1.807) is 69.3 Å². The number of nitrogens with zero attached hydrogens (tertiary/aromatic N) is 1. The van der Waals surface area contributed by atoms with Crippen LogP contribution in [-0.2, 0) is 20.9 Å². The molecule has 0 saturated carbocycles. The number of ether oxygens (including phenoxy) is 1. The predicted octanol–water partition coefficient (Wildman–Crippen LogP) is 2.45. The predicted molar refractivity (Wildman–Crippen MR) is 128 cm³/mol. The molecule has 10 nitrogen and oxygen atoms in total. The van der Waals surface area contributed by atoms with Gasteiger partial charge >= 0.3 is 6.09 Å². The summed E-state index contributed by atoms with van der Waals surface area (Å²) in [4.78, 5) is 62.2. The summed E-state index contributed by atoms with van der Waals surface area (Å²) >= 11 is 0. The van der Waals surface area contributed by atoms with Gasteiger partial charge in [-0.3, -0.25) is 24.1 Å². The summed E-state index contributed by atoms with van der Waals surface area (Å²) in [7, 11) is 0. The maximum absolute atomic E-state index is 12.5. The number of rotatable bonds is 8. The zero-order valence-corrected chi connectivity index (χ0v) is 19.8. The number of carbonyl (C=O) groups is 5. The molecule has 184 valence electrons. The van der Waals surface area contributed by atoms with Gasteiger partial charge in [-0.05, 0) is 44.5 Å². The molecule has 0 atom stereocenters. The average molecular weight is 481 g/mol. The van der Waals surface area contributed by atoms with Gasteiger partial charge in [0.1, 0.15) is 12.1 Å². The molecule has 10 heteroatoms. The van der Waals surface area contributed by atoms with E-state index in [0.717, 1.165) is 4.90 Å².